The van der Waals surface area contributed by atoms with Crippen LogP contribution in [0.15, 0.2) is 53.7 Å². The zero-order chi connectivity index (χ0) is 15.8. The zero-order valence-corrected chi connectivity index (χ0v) is 13.5. The van der Waals surface area contributed by atoms with E-state index in [1.165, 1.54) is 0 Å². The van der Waals surface area contributed by atoms with Crippen molar-refractivity contribution in [1.82, 2.24) is 9.55 Å². The summed E-state index contributed by atoms with van der Waals surface area (Å²) in [6.07, 6.45) is 0. The highest BCUT2D eigenvalue weighted by Gasteiger charge is 2.31. The van der Waals surface area contributed by atoms with E-state index in [1.807, 2.05) is 55.5 Å². The Bertz CT molecular complexity index is 873. The quantitative estimate of drug-likeness (QED) is 0.731. The summed E-state index contributed by atoms with van der Waals surface area (Å²) in [6.45, 7) is 2.56. The molecule has 23 heavy (non-hydrogen) atoms. The highest BCUT2D eigenvalue weighted by molar-refractivity contribution is 7.99. The first-order chi connectivity index (χ1) is 11.3. The van der Waals surface area contributed by atoms with Crippen LogP contribution in [0.3, 0.4) is 0 Å². The Balaban J connectivity index is 1.78. The van der Waals surface area contributed by atoms with Crippen LogP contribution < -0.4 is 4.74 Å². The molecule has 4 rings (SSSR count). The van der Waals surface area contributed by atoms with Crippen LogP contribution in [0.2, 0.25) is 0 Å². The van der Waals surface area contributed by atoms with Gasteiger partial charge in [0, 0.05) is 11.8 Å². The molecule has 0 saturated carbocycles. The Morgan fingerprint density at radius 3 is 2.87 bits per heavy atom. The van der Waals surface area contributed by atoms with E-state index in [0.717, 1.165) is 33.3 Å². The molecular formula is C18H16N2O2S. The number of carbonyl (C=O) groups excluding carboxylic acids is 1. The second kappa shape index (κ2) is 5.74. The Morgan fingerprint density at radius 1 is 1.26 bits per heavy atom. The maximum Gasteiger partial charge on any atom is 0.241 e. The molecule has 4 nitrogen and oxygen atoms in total. The van der Waals surface area contributed by atoms with Crippen LogP contribution >= 0.6 is 11.8 Å². The first kappa shape index (κ1) is 14.3. The number of carbonyl (C=O) groups is 1. The van der Waals surface area contributed by atoms with E-state index in [1.54, 1.807) is 16.3 Å². The lowest BCUT2D eigenvalue weighted by molar-refractivity contribution is 0.0876. The number of hydrogen-bond acceptors (Lipinski definition) is 4. The number of hydrogen-bond donors (Lipinski definition) is 0. The van der Waals surface area contributed by atoms with Crippen molar-refractivity contribution < 1.29 is 9.53 Å². The molecular weight excluding hydrogens is 308 g/mol. The van der Waals surface area contributed by atoms with E-state index in [-0.39, 0.29) is 11.8 Å². The van der Waals surface area contributed by atoms with Crippen molar-refractivity contribution in [1.29, 1.82) is 0 Å². The number of fused-ring (bicyclic) bond motifs is 3. The van der Waals surface area contributed by atoms with Crippen molar-refractivity contribution >= 4 is 28.7 Å². The maximum absolute atomic E-state index is 13.0. The molecule has 0 radical (unpaired) electrons. The number of benzene rings is 2. The molecule has 2 aromatic carbocycles. The molecule has 116 valence electrons. The lowest BCUT2D eigenvalue weighted by atomic mass is 10.00. The van der Waals surface area contributed by atoms with Crippen LogP contribution in [0.5, 0.6) is 5.75 Å². The van der Waals surface area contributed by atoms with Crippen LogP contribution in [0.4, 0.5) is 0 Å². The Kier molecular flexibility index (Phi) is 3.58. The summed E-state index contributed by atoms with van der Waals surface area (Å²) in [5, 5.41) is 0.769. The van der Waals surface area contributed by atoms with Gasteiger partial charge >= 0.3 is 0 Å². The summed E-state index contributed by atoms with van der Waals surface area (Å²) in [5.41, 5.74) is 2.71. The van der Waals surface area contributed by atoms with Crippen molar-refractivity contribution in [2.24, 2.45) is 0 Å². The van der Waals surface area contributed by atoms with Gasteiger partial charge in [-0.2, -0.15) is 0 Å². The smallest absolute Gasteiger partial charge is 0.241 e. The fraction of sp³-hybridized carbons (Fsp3) is 0.222. The number of aromatic nitrogens is 2. The monoisotopic (exact) mass is 324 g/mol. The molecule has 0 bridgehead atoms. The van der Waals surface area contributed by atoms with Crippen molar-refractivity contribution in [3.8, 4) is 5.75 Å². The predicted molar refractivity (Wildman–Crippen MR) is 91.4 cm³/mol. The van der Waals surface area contributed by atoms with Crippen LogP contribution in [0.25, 0.3) is 11.0 Å². The standard InChI is InChI=1S/C18H16N2O2S/c1-2-22-13-8-9-16-15(10-13)19-18-20(16)17(21)14(11-23-18)12-6-4-3-5-7-12/h3-10,14H,2,11H2,1H3/t14-/m0/s1. The predicted octanol–water partition coefficient (Wildman–Crippen LogP) is 3.96. The van der Waals surface area contributed by atoms with E-state index in [9.17, 15) is 4.79 Å². The molecule has 5 heteroatoms. The molecule has 1 atom stereocenters. The van der Waals surface area contributed by atoms with Gasteiger partial charge in [-0.1, -0.05) is 42.1 Å². The van der Waals surface area contributed by atoms with Crippen molar-refractivity contribution in [3.63, 3.8) is 0 Å². The number of imidazole rings is 1. The van der Waals surface area contributed by atoms with E-state index in [2.05, 4.69) is 4.98 Å². The normalized spacial score (nSPS) is 17.3. The summed E-state index contributed by atoms with van der Waals surface area (Å²) in [7, 11) is 0. The van der Waals surface area contributed by atoms with Gasteiger partial charge in [0.1, 0.15) is 5.75 Å². The second-order valence-corrected chi connectivity index (χ2v) is 6.41. The number of nitrogens with zero attached hydrogens (tertiary/aromatic N) is 2. The van der Waals surface area contributed by atoms with Gasteiger partial charge in [0.05, 0.1) is 23.6 Å². The summed E-state index contributed by atoms with van der Waals surface area (Å²) in [6, 6.07) is 15.7. The Hall–Kier alpha value is -2.27. The van der Waals surface area contributed by atoms with Gasteiger partial charge in [-0.15, -0.1) is 0 Å². The molecule has 0 fully saturated rings. The lowest BCUT2D eigenvalue weighted by Crippen LogP contribution is -2.26. The van der Waals surface area contributed by atoms with E-state index in [4.69, 9.17) is 4.74 Å². The molecule has 1 aromatic heterocycles. The third-order valence-corrected chi connectivity index (χ3v) is 5.04. The molecule has 1 aliphatic heterocycles. The van der Waals surface area contributed by atoms with Gasteiger partial charge in [-0.25, -0.2) is 4.98 Å². The lowest BCUT2D eigenvalue weighted by Gasteiger charge is -2.22. The highest BCUT2D eigenvalue weighted by atomic mass is 32.2. The minimum absolute atomic E-state index is 0.0941. The Labute approximate surface area is 138 Å². The van der Waals surface area contributed by atoms with Crippen molar-refractivity contribution in [2.75, 3.05) is 12.4 Å². The SMILES string of the molecule is CCOc1ccc2c(c1)nc1n2C(=O)[C@H](c2ccccc2)CS1. The fourth-order valence-electron chi connectivity index (χ4n) is 2.91. The number of ether oxygens (including phenoxy) is 1. The van der Waals surface area contributed by atoms with Gasteiger partial charge in [-0.3, -0.25) is 9.36 Å². The summed E-state index contributed by atoms with van der Waals surface area (Å²) in [5.74, 6) is 1.48. The molecule has 0 saturated heterocycles. The van der Waals surface area contributed by atoms with Crippen molar-refractivity contribution in [2.45, 2.75) is 18.0 Å². The second-order valence-electron chi connectivity index (χ2n) is 5.43. The molecule has 0 amide bonds. The maximum atomic E-state index is 13.0. The van der Waals surface area contributed by atoms with E-state index >= 15 is 0 Å². The molecule has 0 aliphatic carbocycles. The zero-order valence-electron chi connectivity index (χ0n) is 12.7. The van der Waals surface area contributed by atoms with Crippen LogP contribution in [-0.2, 0) is 0 Å². The van der Waals surface area contributed by atoms with Crippen LogP contribution in [0, 0.1) is 0 Å². The van der Waals surface area contributed by atoms with Gasteiger partial charge in [-0.05, 0) is 24.6 Å². The molecule has 0 unspecified atom stereocenters. The fourth-order valence-corrected chi connectivity index (χ4v) is 4.04. The average molecular weight is 324 g/mol. The average Bonchev–Trinajstić information content (AvgIpc) is 2.95. The molecule has 0 N–H and O–H groups in total. The van der Waals surface area contributed by atoms with Gasteiger partial charge in [0.25, 0.3) is 0 Å². The third kappa shape index (κ3) is 2.41. The van der Waals surface area contributed by atoms with Gasteiger partial charge in [0.15, 0.2) is 5.16 Å². The van der Waals surface area contributed by atoms with Crippen LogP contribution in [0.1, 0.15) is 23.2 Å². The van der Waals surface area contributed by atoms with Crippen molar-refractivity contribution in [3.05, 3.63) is 54.1 Å². The first-order valence-electron chi connectivity index (χ1n) is 7.65. The first-order valence-corrected chi connectivity index (χ1v) is 8.63. The molecule has 3 aromatic rings. The summed E-state index contributed by atoms with van der Waals surface area (Å²) < 4.78 is 7.27. The minimum atomic E-state index is -0.127. The topological polar surface area (TPSA) is 44.1 Å². The molecule has 2 heterocycles. The van der Waals surface area contributed by atoms with Crippen LogP contribution in [-0.4, -0.2) is 27.8 Å². The third-order valence-electron chi connectivity index (χ3n) is 4.01. The van der Waals surface area contributed by atoms with Gasteiger partial charge in [0.2, 0.25) is 5.91 Å². The summed E-state index contributed by atoms with van der Waals surface area (Å²) in [4.78, 5) is 17.6. The minimum Gasteiger partial charge on any atom is -0.494 e. The highest BCUT2D eigenvalue weighted by Crippen LogP contribution is 2.36. The summed E-state index contributed by atoms with van der Waals surface area (Å²) >= 11 is 1.63. The molecule has 1 aliphatic rings. The Morgan fingerprint density at radius 2 is 2.09 bits per heavy atom. The molecule has 0 spiro atoms. The van der Waals surface area contributed by atoms with E-state index < -0.39 is 0 Å². The van der Waals surface area contributed by atoms with Gasteiger partial charge < -0.3 is 4.74 Å². The number of rotatable bonds is 3. The number of thioether (sulfide) groups is 1. The van der Waals surface area contributed by atoms with E-state index in [0.29, 0.717) is 6.61 Å². The largest absolute Gasteiger partial charge is 0.494 e.